The predicted octanol–water partition coefficient (Wildman–Crippen LogP) is 3.14. The summed E-state index contributed by atoms with van der Waals surface area (Å²) in [4.78, 5) is 14.5. The number of carbonyl (C=O) groups is 1. The molecular formula is C17H21N3O2. The van der Waals surface area contributed by atoms with Gasteiger partial charge in [-0.1, -0.05) is 11.2 Å². The molecule has 0 saturated carbocycles. The highest BCUT2D eigenvalue weighted by Crippen LogP contribution is 2.17. The van der Waals surface area contributed by atoms with Crippen molar-refractivity contribution in [1.29, 1.82) is 0 Å². The molecule has 0 atom stereocenters. The van der Waals surface area contributed by atoms with E-state index in [1.807, 2.05) is 32.0 Å². The van der Waals surface area contributed by atoms with Crippen molar-refractivity contribution in [3.63, 3.8) is 0 Å². The lowest BCUT2D eigenvalue weighted by atomic mass is 10.1. The second kappa shape index (κ2) is 6.32. The van der Waals surface area contributed by atoms with E-state index in [1.54, 1.807) is 6.07 Å². The zero-order valence-electron chi connectivity index (χ0n) is 13.1. The van der Waals surface area contributed by atoms with E-state index < -0.39 is 0 Å². The first-order valence-electron chi connectivity index (χ1n) is 7.68. The van der Waals surface area contributed by atoms with Crippen LogP contribution in [0.25, 0.3) is 0 Å². The van der Waals surface area contributed by atoms with Crippen molar-refractivity contribution in [2.75, 3.05) is 18.4 Å². The molecule has 1 amide bonds. The molecule has 1 aromatic heterocycles. The molecule has 22 heavy (non-hydrogen) atoms. The van der Waals surface area contributed by atoms with Crippen LogP contribution in [0.4, 0.5) is 5.69 Å². The second-order valence-corrected chi connectivity index (χ2v) is 5.91. The Hall–Kier alpha value is -2.14. The Labute approximate surface area is 130 Å². The molecule has 0 bridgehead atoms. The van der Waals surface area contributed by atoms with Crippen LogP contribution in [-0.4, -0.2) is 29.1 Å². The Balaban J connectivity index is 1.64. The fraction of sp³-hybridized carbons (Fsp3) is 0.412. The molecule has 1 N–H and O–H groups in total. The van der Waals surface area contributed by atoms with Crippen molar-refractivity contribution >= 4 is 11.6 Å². The zero-order chi connectivity index (χ0) is 15.5. The summed E-state index contributed by atoms with van der Waals surface area (Å²) in [6, 6.07) is 7.57. The van der Waals surface area contributed by atoms with Crippen molar-refractivity contribution in [2.24, 2.45) is 0 Å². The average Bonchev–Trinajstić information content (AvgIpc) is 3.15. The summed E-state index contributed by atoms with van der Waals surface area (Å²) >= 11 is 0. The molecule has 2 aromatic rings. The number of aromatic nitrogens is 1. The maximum atomic E-state index is 12.2. The SMILES string of the molecule is Cc1ccc(NC(=O)c2cc(CN3CCCC3)on2)cc1C. The molecule has 1 fully saturated rings. The lowest BCUT2D eigenvalue weighted by molar-refractivity contribution is 0.101. The molecule has 1 aliphatic rings. The maximum absolute atomic E-state index is 12.2. The molecule has 1 aromatic carbocycles. The Bertz CT molecular complexity index is 672. The first kappa shape index (κ1) is 14.8. The van der Waals surface area contributed by atoms with Crippen molar-refractivity contribution in [3.8, 4) is 0 Å². The minimum absolute atomic E-state index is 0.236. The Morgan fingerprint density at radius 1 is 1.23 bits per heavy atom. The molecule has 3 rings (SSSR count). The molecule has 116 valence electrons. The van der Waals surface area contributed by atoms with Gasteiger partial charge in [0.2, 0.25) is 0 Å². The number of likely N-dealkylation sites (tertiary alicyclic amines) is 1. The molecule has 5 heteroatoms. The van der Waals surface area contributed by atoms with Gasteiger partial charge >= 0.3 is 0 Å². The van der Waals surface area contributed by atoms with E-state index in [0.29, 0.717) is 5.69 Å². The Morgan fingerprint density at radius 2 is 2.00 bits per heavy atom. The number of nitrogens with one attached hydrogen (secondary N) is 1. The van der Waals surface area contributed by atoms with Crippen molar-refractivity contribution < 1.29 is 9.32 Å². The van der Waals surface area contributed by atoms with Gasteiger partial charge < -0.3 is 9.84 Å². The summed E-state index contributed by atoms with van der Waals surface area (Å²) in [7, 11) is 0. The van der Waals surface area contributed by atoms with Crippen molar-refractivity contribution in [3.05, 3.63) is 46.8 Å². The summed E-state index contributed by atoms with van der Waals surface area (Å²) in [6.45, 7) is 6.97. The maximum Gasteiger partial charge on any atom is 0.277 e. The van der Waals surface area contributed by atoms with Crippen molar-refractivity contribution in [2.45, 2.75) is 33.2 Å². The number of benzene rings is 1. The van der Waals surface area contributed by atoms with Gasteiger partial charge in [0.15, 0.2) is 11.5 Å². The van der Waals surface area contributed by atoms with Crippen LogP contribution >= 0.6 is 0 Å². The fourth-order valence-corrected chi connectivity index (χ4v) is 2.67. The standard InChI is InChI=1S/C17H21N3O2/c1-12-5-6-14(9-13(12)2)18-17(21)16-10-15(22-19-16)11-20-7-3-4-8-20/h5-6,9-10H,3-4,7-8,11H2,1-2H3,(H,18,21). The molecule has 1 aliphatic heterocycles. The van der Waals surface area contributed by atoms with Gasteiger partial charge in [-0.05, 0) is 63.0 Å². The van der Waals surface area contributed by atoms with E-state index in [0.717, 1.165) is 36.6 Å². The van der Waals surface area contributed by atoms with E-state index >= 15 is 0 Å². The number of amides is 1. The van der Waals surface area contributed by atoms with Crippen LogP contribution in [0.15, 0.2) is 28.8 Å². The number of nitrogens with zero attached hydrogens (tertiary/aromatic N) is 2. The van der Waals surface area contributed by atoms with Gasteiger partial charge in [0.1, 0.15) is 0 Å². The monoisotopic (exact) mass is 299 g/mol. The number of anilines is 1. The van der Waals surface area contributed by atoms with Crippen molar-refractivity contribution in [1.82, 2.24) is 10.1 Å². The van der Waals surface area contributed by atoms with Crippen LogP contribution in [0.2, 0.25) is 0 Å². The molecule has 0 unspecified atom stereocenters. The number of hydrogen-bond acceptors (Lipinski definition) is 4. The van der Waals surface area contributed by atoms with E-state index in [-0.39, 0.29) is 5.91 Å². The Kier molecular flexibility index (Phi) is 4.24. The highest BCUT2D eigenvalue weighted by molar-refractivity contribution is 6.02. The largest absolute Gasteiger partial charge is 0.359 e. The first-order chi connectivity index (χ1) is 10.6. The second-order valence-electron chi connectivity index (χ2n) is 5.91. The number of carbonyl (C=O) groups excluding carboxylic acids is 1. The van der Waals surface area contributed by atoms with E-state index in [2.05, 4.69) is 15.4 Å². The molecule has 1 saturated heterocycles. The van der Waals surface area contributed by atoms with Gasteiger partial charge in [-0.15, -0.1) is 0 Å². The summed E-state index contributed by atoms with van der Waals surface area (Å²) in [5, 5.41) is 6.74. The summed E-state index contributed by atoms with van der Waals surface area (Å²) < 4.78 is 5.28. The van der Waals surface area contributed by atoms with Gasteiger partial charge in [0.25, 0.3) is 5.91 Å². The quantitative estimate of drug-likeness (QED) is 0.942. The lowest BCUT2D eigenvalue weighted by Gasteiger charge is -2.10. The molecular weight excluding hydrogens is 278 g/mol. The number of rotatable bonds is 4. The predicted molar refractivity (Wildman–Crippen MR) is 84.9 cm³/mol. The fourth-order valence-electron chi connectivity index (χ4n) is 2.67. The molecule has 0 aliphatic carbocycles. The topological polar surface area (TPSA) is 58.4 Å². The summed E-state index contributed by atoms with van der Waals surface area (Å²) in [5.74, 6) is 0.506. The normalized spacial score (nSPS) is 15.2. The van der Waals surface area contributed by atoms with Gasteiger partial charge in [0.05, 0.1) is 6.54 Å². The first-order valence-corrected chi connectivity index (χ1v) is 7.68. The van der Waals surface area contributed by atoms with Crippen LogP contribution in [0.1, 0.15) is 40.2 Å². The third-order valence-corrected chi connectivity index (χ3v) is 4.13. The lowest BCUT2D eigenvalue weighted by Crippen LogP contribution is -2.18. The number of hydrogen-bond donors (Lipinski definition) is 1. The van der Waals surface area contributed by atoms with Crippen LogP contribution < -0.4 is 5.32 Å². The van der Waals surface area contributed by atoms with Gasteiger partial charge in [0, 0.05) is 11.8 Å². The molecule has 0 spiro atoms. The van der Waals surface area contributed by atoms with Gasteiger partial charge in [-0.25, -0.2) is 0 Å². The highest BCUT2D eigenvalue weighted by Gasteiger charge is 2.17. The third-order valence-electron chi connectivity index (χ3n) is 4.13. The molecule has 5 nitrogen and oxygen atoms in total. The number of aryl methyl sites for hydroxylation is 2. The minimum Gasteiger partial charge on any atom is -0.359 e. The minimum atomic E-state index is -0.236. The smallest absolute Gasteiger partial charge is 0.277 e. The molecule has 2 heterocycles. The van der Waals surface area contributed by atoms with Crippen LogP contribution in [-0.2, 0) is 6.54 Å². The van der Waals surface area contributed by atoms with E-state index in [1.165, 1.54) is 18.4 Å². The van der Waals surface area contributed by atoms with Gasteiger partial charge in [-0.2, -0.15) is 0 Å². The summed E-state index contributed by atoms with van der Waals surface area (Å²) in [6.07, 6.45) is 2.46. The van der Waals surface area contributed by atoms with Crippen LogP contribution in [0.5, 0.6) is 0 Å². The zero-order valence-corrected chi connectivity index (χ0v) is 13.1. The van der Waals surface area contributed by atoms with E-state index in [9.17, 15) is 4.79 Å². The average molecular weight is 299 g/mol. The van der Waals surface area contributed by atoms with Crippen LogP contribution in [0, 0.1) is 13.8 Å². The third kappa shape index (κ3) is 3.36. The van der Waals surface area contributed by atoms with E-state index in [4.69, 9.17) is 4.52 Å². The summed E-state index contributed by atoms with van der Waals surface area (Å²) in [5.41, 5.74) is 3.45. The molecule has 0 radical (unpaired) electrons. The Morgan fingerprint density at radius 3 is 2.73 bits per heavy atom. The van der Waals surface area contributed by atoms with Gasteiger partial charge in [-0.3, -0.25) is 9.69 Å². The highest BCUT2D eigenvalue weighted by atomic mass is 16.5. The van der Waals surface area contributed by atoms with Crippen LogP contribution in [0.3, 0.4) is 0 Å².